The van der Waals surface area contributed by atoms with Crippen molar-refractivity contribution in [2.24, 2.45) is 5.92 Å². The lowest BCUT2D eigenvalue weighted by atomic mass is 10.1. The first-order valence-electron chi connectivity index (χ1n) is 8.66. The molecule has 8 heteroatoms. The Hall–Kier alpha value is -2.48. The second kappa shape index (κ2) is 6.44. The third-order valence-corrected chi connectivity index (χ3v) is 4.58. The van der Waals surface area contributed by atoms with Gasteiger partial charge in [0, 0.05) is 24.1 Å². The Kier molecular flexibility index (Phi) is 4.12. The molecule has 0 unspecified atom stereocenters. The van der Waals surface area contributed by atoms with Gasteiger partial charge in [0.05, 0.1) is 18.3 Å². The maximum atomic E-state index is 12.4. The molecule has 2 amide bonds. The topological polar surface area (TPSA) is 94.0 Å². The zero-order chi connectivity index (χ0) is 17.4. The number of urea groups is 1. The minimum Gasteiger partial charge on any atom is -0.376 e. The van der Waals surface area contributed by atoms with Crippen LogP contribution in [-0.4, -0.2) is 44.5 Å². The van der Waals surface area contributed by atoms with Gasteiger partial charge in [0.2, 0.25) is 0 Å². The highest BCUT2D eigenvalue weighted by Crippen LogP contribution is 2.38. The number of rotatable bonds is 4. The quantitative estimate of drug-likeness (QED) is 0.886. The van der Waals surface area contributed by atoms with E-state index >= 15 is 0 Å². The number of hydrogen-bond donors (Lipinski definition) is 2. The van der Waals surface area contributed by atoms with Crippen LogP contribution in [0.15, 0.2) is 18.3 Å². The summed E-state index contributed by atoms with van der Waals surface area (Å²) in [7, 11) is 0. The van der Waals surface area contributed by atoms with Crippen LogP contribution in [0.25, 0.3) is 5.95 Å². The average molecular weight is 342 g/mol. The average Bonchev–Trinajstić information content (AvgIpc) is 3.11. The van der Waals surface area contributed by atoms with Gasteiger partial charge in [0.1, 0.15) is 5.82 Å². The second-order valence-corrected chi connectivity index (χ2v) is 6.75. The Labute approximate surface area is 146 Å². The van der Waals surface area contributed by atoms with Crippen molar-refractivity contribution in [1.82, 2.24) is 25.1 Å². The van der Waals surface area contributed by atoms with Crippen molar-refractivity contribution in [1.29, 1.82) is 0 Å². The van der Waals surface area contributed by atoms with E-state index in [-0.39, 0.29) is 18.2 Å². The molecule has 132 valence electrons. The standard InChI is InChI=1S/C17H22N6O2/c1-10-9-11(2)20-16(19-10)23-14(5-7-18-23)22-17(24)21-13-6-8-25-15(13)12-3-4-12/h5,7,9,12-13,15H,3-4,6,8H2,1-2H3,(H2,21,22,24)/t13-,15+/m1/s1. The van der Waals surface area contributed by atoms with Gasteiger partial charge in [-0.2, -0.15) is 9.78 Å². The number of ether oxygens (including phenoxy) is 1. The third kappa shape index (κ3) is 3.48. The lowest BCUT2D eigenvalue weighted by Gasteiger charge is -2.19. The molecule has 1 aliphatic carbocycles. The first kappa shape index (κ1) is 16.0. The molecule has 1 saturated carbocycles. The molecule has 2 N–H and O–H groups in total. The van der Waals surface area contributed by atoms with Gasteiger partial charge in [-0.25, -0.2) is 14.8 Å². The van der Waals surface area contributed by atoms with Crippen LogP contribution < -0.4 is 10.6 Å². The van der Waals surface area contributed by atoms with E-state index in [1.807, 2.05) is 19.9 Å². The van der Waals surface area contributed by atoms with E-state index in [0.717, 1.165) is 17.8 Å². The Morgan fingerprint density at radius 3 is 2.72 bits per heavy atom. The number of aromatic nitrogens is 4. The SMILES string of the molecule is Cc1cc(C)nc(-n2nccc2NC(=O)N[C@@H]2CCO[C@H]2C2CC2)n1. The van der Waals surface area contributed by atoms with Gasteiger partial charge in [0.15, 0.2) is 0 Å². The Morgan fingerprint density at radius 1 is 1.24 bits per heavy atom. The number of hydrogen-bond acceptors (Lipinski definition) is 5. The largest absolute Gasteiger partial charge is 0.376 e. The van der Waals surface area contributed by atoms with Gasteiger partial charge < -0.3 is 10.1 Å². The summed E-state index contributed by atoms with van der Waals surface area (Å²) in [5, 5.41) is 10.1. The summed E-state index contributed by atoms with van der Waals surface area (Å²) in [4.78, 5) is 21.2. The maximum absolute atomic E-state index is 12.4. The predicted octanol–water partition coefficient (Wildman–Crippen LogP) is 1.97. The van der Waals surface area contributed by atoms with E-state index in [4.69, 9.17) is 4.74 Å². The maximum Gasteiger partial charge on any atom is 0.320 e. The number of carbonyl (C=O) groups excluding carboxylic acids is 1. The minimum absolute atomic E-state index is 0.0707. The van der Waals surface area contributed by atoms with Crippen molar-refractivity contribution < 1.29 is 9.53 Å². The molecule has 4 rings (SSSR count). The van der Waals surface area contributed by atoms with Crippen LogP contribution in [0.5, 0.6) is 0 Å². The molecule has 2 atom stereocenters. The summed E-state index contributed by atoms with van der Waals surface area (Å²) >= 11 is 0. The van der Waals surface area contributed by atoms with Crippen LogP contribution in [0.1, 0.15) is 30.7 Å². The van der Waals surface area contributed by atoms with Gasteiger partial charge in [-0.15, -0.1) is 0 Å². The summed E-state index contributed by atoms with van der Waals surface area (Å²) in [6.45, 7) is 4.51. The molecule has 25 heavy (non-hydrogen) atoms. The van der Waals surface area contributed by atoms with E-state index in [9.17, 15) is 4.79 Å². The normalized spacial score (nSPS) is 22.8. The highest BCUT2D eigenvalue weighted by atomic mass is 16.5. The summed E-state index contributed by atoms with van der Waals surface area (Å²) in [6, 6.07) is 3.43. The van der Waals surface area contributed by atoms with Crippen molar-refractivity contribution in [2.45, 2.75) is 45.3 Å². The van der Waals surface area contributed by atoms with E-state index in [1.54, 1.807) is 12.3 Å². The minimum atomic E-state index is -0.257. The highest BCUT2D eigenvalue weighted by Gasteiger charge is 2.41. The predicted molar refractivity (Wildman–Crippen MR) is 91.7 cm³/mol. The third-order valence-electron chi connectivity index (χ3n) is 4.58. The van der Waals surface area contributed by atoms with Crippen LogP contribution in [0.4, 0.5) is 10.6 Å². The lowest BCUT2D eigenvalue weighted by Crippen LogP contribution is -2.43. The molecule has 0 aromatic carbocycles. The van der Waals surface area contributed by atoms with E-state index in [0.29, 0.717) is 24.3 Å². The zero-order valence-electron chi connectivity index (χ0n) is 14.4. The molecule has 8 nitrogen and oxygen atoms in total. The molecular formula is C17H22N6O2. The number of nitrogens with zero attached hydrogens (tertiary/aromatic N) is 4. The molecule has 0 radical (unpaired) electrons. The summed E-state index contributed by atoms with van der Waals surface area (Å²) in [5.74, 6) is 1.57. The van der Waals surface area contributed by atoms with Gasteiger partial charge in [0.25, 0.3) is 5.95 Å². The molecule has 1 saturated heterocycles. The van der Waals surface area contributed by atoms with Crippen LogP contribution in [0, 0.1) is 19.8 Å². The van der Waals surface area contributed by atoms with Crippen LogP contribution >= 0.6 is 0 Å². The molecule has 3 heterocycles. The number of aryl methyl sites for hydroxylation is 2. The summed E-state index contributed by atoms with van der Waals surface area (Å²) in [5.41, 5.74) is 1.70. The Balaban J connectivity index is 1.46. The summed E-state index contributed by atoms with van der Waals surface area (Å²) < 4.78 is 7.30. The smallest absolute Gasteiger partial charge is 0.320 e. The molecule has 0 bridgehead atoms. The van der Waals surface area contributed by atoms with Crippen LogP contribution in [0.3, 0.4) is 0 Å². The Morgan fingerprint density at radius 2 is 2.00 bits per heavy atom. The van der Waals surface area contributed by atoms with Crippen LogP contribution in [-0.2, 0) is 4.74 Å². The lowest BCUT2D eigenvalue weighted by molar-refractivity contribution is 0.0829. The van der Waals surface area contributed by atoms with Crippen molar-refractivity contribution in [3.05, 3.63) is 29.7 Å². The molecule has 2 aromatic rings. The van der Waals surface area contributed by atoms with E-state index < -0.39 is 0 Å². The molecule has 2 fully saturated rings. The summed E-state index contributed by atoms with van der Waals surface area (Å²) in [6.07, 6.45) is 5.01. The van der Waals surface area contributed by atoms with Gasteiger partial charge in [-0.1, -0.05) is 0 Å². The number of nitrogens with one attached hydrogen (secondary N) is 2. The highest BCUT2D eigenvalue weighted by molar-refractivity contribution is 5.88. The monoisotopic (exact) mass is 342 g/mol. The van der Waals surface area contributed by atoms with Crippen molar-refractivity contribution in [2.75, 3.05) is 11.9 Å². The molecule has 2 aliphatic rings. The molecular weight excluding hydrogens is 320 g/mol. The number of amides is 2. The van der Waals surface area contributed by atoms with Crippen molar-refractivity contribution in [3.63, 3.8) is 0 Å². The van der Waals surface area contributed by atoms with E-state index in [2.05, 4.69) is 25.7 Å². The molecule has 2 aromatic heterocycles. The second-order valence-electron chi connectivity index (χ2n) is 6.75. The fraction of sp³-hybridized carbons (Fsp3) is 0.529. The van der Waals surface area contributed by atoms with Crippen molar-refractivity contribution >= 4 is 11.8 Å². The zero-order valence-corrected chi connectivity index (χ0v) is 14.4. The first-order chi connectivity index (χ1) is 12.1. The van der Waals surface area contributed by atoms with Gasteiger partial charge in [-0.05, 0) is 45.1 Å². The fourth-order valence-corrected chi connectivity index (χ4v) is 3.34. The van der Waals surface area contributed by atoms with E-state index in [1.165, 1.54) is 17.5 Å². The van der Waals surface area contributed by atoms with Gasteiger partial charge >= 0.3 is 6.03 Å². The number of carbonyl (C=O) groups is 1. The van der Waals surface area contributed by atoms with Crippen molar-refractivity contribution in [3.8, 4) is 5.95 Å². The molecule has 1 aliphatic heterocycles. The Bertz CT molecular complexity index is 765. The molecule has 0 spiro atoms. The fourth-order valence-electron chi connectivity index (χ4n) is 3.34. The first-order valence-corrected chi connectivity index (χ1v) is 8.66. The number of anilines is 1. The van der Waals surface area contributed by atoms with Crippen LogP contribution in [0.2, 0.25) is 0 Å². The van der Waals surface area contributed by atoms with Gasteiger partial charge in [-0.3, -0.25) is 5.32 Å².